The number of nitrogens with zero attached hydrogens (tertiary/aromatic N) is 1. The second-order valence-corrected chi connectivity index (χ2v) is 8.84. The second kappa shape index (κ2) is 8.80. The number of anilines is 2. The molecule has 4 rings (SSSR count). The highest BCUT2D eigenvalue weighted by Gasteiger charge is 2.37. The molecule has 1 amide bonds. The van der Waals surface area contributed by atoms with Crippen molar-refractivity contribution in [1.82, 2.24) is 0 Å². The van der Waals surface area contributed by atoms with Crippen molar-refractivity contribution < 1.29 is 27.4 Å². The summed E-state index contributed by atoms with van der Waals surface area (Å²) < 4.78 is 44.3. The van der Waals surface area contributed by atoms with Crippen molar-refractivity contribution in [3.63, 3.8) is 0 Å². The number of rotatable bonds is 6. The molecule has 1 heterocycles. The Morgan fingerprint density at radius 1 is 0.969 bits per heavy atom. The van der Waals surface area contributed by atoms with Crippen LogP contribution < -0.4 is 23.8 Å². The van der Waals surface area contributed by atoms with Crippen LogP contribution in [0.1, 0.15) is 0 Å². The Labute approximate surface area is 186 Å². The van der Waals surface area contributed by atoms with Crippen molar-refractivity contribution in [2.75, 3.05) is 30.4 Å². The first-order chi connectivity index (χ1) is 15.4. The van der Waals surface area contributed by atoms with E-state index in [0.29, 0.717) is 28.6 Å². The average Bonchev–Trinajstić information content (AvgIpc) is 2.83. The highest BCUT2D eigenvalue weighted by Crippen LogP contribution is 2.37. The summed E-state index contributed by atoms with van der Waals surface area (Å²) in [4.78, 5) is 13.1. The van der Waals surface area contributed by atoms with E-state index < -0.39 is 22.0 Å². The number of hydrogen-bond acceptors (Lipinski definition) is 6. The highest BCUT2D eigenvalue weighted by atomic mass is 32.2. The number of fused-ring (bicyclic) bond motifs is 1. The maximum absolute atomic E-state index is 13.5. The molecule has 0 fully saturated rings. The summed E-state index contributed by atoms with van der Waals surface area (Å²) in [5, 5.41) is 2.76. The van der Waals surface area contributed by atoms with Crippen LogP contribution >= 0.6 is 0 Å². The Hall–Kier alpha value is -3.72. The predicted molar refractivity (Wildman–Crippen MR) is 120 cm³/mol. The quantitative estimate of drug-likeness (QED) is 0.614. The van der Waals surface area contributed by atoms with Gasteiger partial charge < -0.3 is 19.5 Å². The zero-order chi connectivity index (χ0) is 22.7. The number of methoxy groups -OCH3 is 2. The van der Waals surface area contributed by atoms with Crippen LogP contribution in [-0.4, -0.2) is 41.2 Å². The molecule has 0 saturated carbocycles. The third kappa shape index (κ3) is 4.06. The second-order valence-electron chi connectivity index (χ2n) is 6.98. The van der Waals surface area contributed by atoms with E-state index in [2.05, 4.69) is 5.32 Å². The lowest BCUT2D eigenvalue weighted by Crippen LogP contribution is -2.48. The third-order valence-electron chi connectivity index (χ3n) is 5.04. The minimum Gasteiger partial charge on any atom is -0.497 e. The number of para-hydroxylation sites is 4. The summed E-state index contributed by atoms with van der Waals surface area (Å²) in [5.41, 5.74) is 0.830. The van der Waals surface area contributed by atoms with Crippen LogP contribution in [-0.2, 0) is 14.8 Å². The van der Waals surface area contributed by atoms with E-state index in [1.807, 2.05) is 0 Å². The largest absolute Gasteiger partial charge is 0.497 e. The third-order valence-corrected chi connectivity index (χ3v) is 6.83. The van der Waals surface area contributed by atoms with Gasteiger partial charge in [-0.3, -0.25) is 9.10 Å². The van der Waals surface area contributed by atoms with E-state index in [1.165, 1.54) is 30.7 Å². The number of sulfonamides is 1. The zero-order valence-corrected chi connectivity index (χ0v) is 18.3. The van der Waals surface area contributed by atoms with E-state index in [1.54, 1.807) is 60.7 Å². The van der Waals surface area contributed by atoms with Crippen LogP contribution in [0.3, 0.4) is 0 Å². The summed E-state index contributed by atoms with van der Waals surface area (Å²) in [6, 6.07) is 19.8. The maximum Gasteiger partial charge on any atom is 0.267 e. The number of ether oxygens (including phenoxy) is 3. The van der Waals surface area contributed by atoms with E-state index >= 15 is 0 Å². The van der Waals surface area contributed by atoms with Crippen LogP contribution in [0.5, 0.6) is 17.2 Å². The number of benzene rings is 3. The molecular formula is C23H22N2O6S. The van der Waals surface area contributed by atoms with Crippen molar-refractivity contribution in [1.29, 1.82) is 0 Å². The Kier molecular flexibility index (Phi) is 5.91. The van der Waals surface area contributed by atoms with Gasteiger partial charge in [-0.15, -0.1) is 0 Å². The summed E-state index contributed by atoms with van der Waals surface area (Å²) in [6.07, 6.45) is -1.07. The van der Waals surface area contributed by atoms with Crippen molar-refractivity contribution >= 4 is 27.3 Å². The molecule has 3 aromatic carbocycles. The Balaban J connectivity index is 1.66. The molecule has 1 atom stereocenters. The summed E-state index contributed by atoms with van der Waals surface area (Å²) in [5.74, 6) is 0.843. The molecule has 1 aliphatic heterocycles. The fourth-order valence-corrected chi connectivity index (χ4v) is 4.88. The van der Waals surface area contributed by atoms with Gasteiger partial charge in [0.25, 0.3) is 15.9 Å². The van der Waals surface area contributed by atoms with Gasteiger partial charge in [0.15, 0.2) is 6.10 Å². The zero-order valence-electron chi connectivity index (χ0n) is 17.5. The first kappa shape index (κ1) is 21.5. The van der Waals surface area contributed by atoms with Crippen LogP contribution in [0.4, 0.5) is 11.4 Å². The average molecular weight is 455 g/mol. The van der Waals surface area contributed by atoms with Gasteiger partial charge in [0.2, 0.25) is 0 Å². The lowest BCUT2D eigenvalue weighted by molar-refractivity contribution is -0.122. The number of nitrogens with one attached hydrogen (secondary N) is 1. The van der Waals surface area contributed by atoms with E-state index in [9.17, 15) is 13.2 Å². The minimum absolute atomic E-state index is 0.0823. The Morgan fingerprint density at radius 3 is 2.38 bits per heavy atom. The fourth-order valence-electron chi connectivity index (χ4n) is 3.40. The molecule has 0 unspecified atom stereocenters. The fraction of sp³-hybridized carbons (Fsp3) is 0.174. The summed E-state index contributed by atoms with van der Waals surface area (Å²) in [7, 11) is -0.951. The molecule has 1 aliphatic rings. The number of hydrogen-bond donors (Lipinski definition) is 1. The van der Waals surface area contributed by atoms with Gasteiger partial charge in [-0.05, 0) is 48.5 Å². The molecule has 0 bridgehead atoms. The molecule has 0 saturated heterocycles. The molecule has 32 heavy (non-hydrogen) atoms. The van der Waals surface area contributed by atoms with Crippen molar-refractivity contribution in [3.05, 3.63) is 72.8 Å². The molecule has 3 aromatic rings. The van der Waals surface area contributed by atoms with Crippen molar-refractivity contribution in [2.24, 2.45) is 0 Å². The van der Waals surface area contributed by atoms with E-state index in [4.69, 9.17) is 14.2 Å². The van der Waals surface area contributed by atoms with Crippen LogP contribution in [0, 0.1) is 0 Å². The standard InChI is InChI=1S/C23H22N2O6S/c1-29-16-11-13-17(14-12-16)32(27,28)25-15-22(31-21-10-6-4-8-19(21)25)23(26)24-18-7-3-5-9-20(18)30-2/h3-14,22H,15H2,1-2H3,(H,24,26)/t22-/m1/s1. The molecule has 0 spiro atoms. The van der Waals surface area contributed by atoms with Crippen LogP contribution in [0.2, 0.25) is 0 Å². The van der Waals surface area contributed by atoms with Gasteiger partial charge in [-0.1, -0.05) is 24.3 Å². The highest BCUT2D eigenvalue weighted by molar-refractivity contribution is 7.92. The monoisotopic (exact) mass is 454 g/mol. The van der Waals surface area contributed by atoms with Gasteiger partial charge in [0.1, 0.15) is 17.2 Å². The molecular weight excluding hydrogens is 432 g/mol. The number of carbonyl (C=O) groups is 1. The normalized spacial score (nSPS) is 15.3. The topological polar surface area (TPSA) is 94.2 Å². The smallest absolute Gasteiger partial charge is 0.267 e. The van der Waals surface area contributed by atoms with Gasteiger partial charge in [0.05, 0.1) is 37.0 Å². The molecule has 0 radical (unpaired) electrons. The van der Waals surface area contributed by atoms with Gasteiger partial charge in [0, 0.05) is 0 Å². The predicted octanol–water partition coefficient (Wildman–Crippen LogP) is 3.30. The molecule has 0 aromatic heterocycles. The lowest BCUT2D eigenvalue weighted by Gasteiger charge is -2.34. The van der Waals surface area contributed by atoms with Crippen molar-refractivity contribution in [2.45, 2.75) is 11.0 Å². The molecule has 0 aliphatic carbocycles. The Morgan fingerprint density at radius 2 is 1.66 bits per heavy atom. The van der Waals surface area contributed by atoms with Gasteiger partial charge in [-0.2, -0.15) is 0 Å². The van der Waals surface area contributed by atoms with E-state index in [0.717, 1.165) is 0 Å². The lowest BCUT2D eigenvalue weighted by atomic mass is 10.2. The van der Waals surface area contributed by atoms with Crippen molar-refractivity contribution in [3.8, 4) is 17.2 Å². The minimum atomic E-state index is -3.96. The SMILES string of the molecule is COc1ccc(S(=O)(=O)N2C[C@H](C(=O)Nc3ccccc3OC)Oc3ccccc32)cc1. The first-order valence-electron chi connectivity index (χ1n) is 9.80. The molecule has 1 N–H and O–H groups in total. The van der Waals surface area contributed by atoms with Gasteiger partial charge >= 0.3 is 0 Å². The van der Waals surface area contributed by atoms with E-state index in [-0.39, 0.29) is 11.4 Å². The molecule has 166 valence electrons. The first-order valence-corrected chi connectivity index (χ1v) is 11.2. The molecule has 8 nitrogen and oxygen atoms in total. The van der Waals surface area contributed by atoms with Crippen LogP contribution in [0.15, 0.2) is 77.7 Å². The molecule has 9 heteroatoms. The number of amides is 1. The van der Waals surface area contributed by atoms with Crippen LogP contribution in [0.25, 0.3) is 0 Å². The Bertz CT molecular complexity index is 1230. The summed E-state index contributed by atoms with van der Waals surface area (Å²) in [6.45, 7) is -0.188. The van der Waals surface area contributed by atoms with Gasteiger partial charge in [-0.25, -0.2) is 8.42 Å². The summed E-state index contributed by atoms with van der Waals surface area (Å²) >= 11 is 0. The maximum atomic E-state index is 13.5. The number of carbonyl (C=O) groups excluding carboxylic acids is 1.